The third-order valence-electron chi connectivity index (χ3n) is 2.06. The molecule has 0 aliphatic rings. The SMILES string of the molecule is COc1ccc2sc(C)cc(=O)c2c1. The lowest BCUT2D eigenvalue weighted by Gasteiger charge is -2.01. The molecule has 0 spiro atoms. The highest BCUT2D eigenvalue weighted by Gasteiger charge is 2.01. The lowest BCUT2D eigenvalue weighted by Crippen LogP contribution is -1.98. The van der Waals surface area contributed by atoms with Crippen molar-refractivity contribution in [3.05, 3.63) is 39.4 Å². The Balaban J connectivity index is 2.82. The average Bonchev–Trinajstić information content (AvgIpc) is 2.17. The van der Waals surface area contributed by atoms with Gasteiger partial charge in [-0.3, -0.25) is 4.79 Å². The molecule has 2 nitrogen and oxygen atoms in total. The van der Waals surface area contributed by atoms with Crippen molar-refractivity contribution in [2.75, 3.05) is 7.11 Å². The molecule has 0 radical (unpaired) electrons. The molecule has 0 amide bonds. The number of aryl methyl sites for hydroxylation is 1. The Labute approximate surface area is 85.8 Å². The highest BCUT2D eigenvalue weighted by molar-refractivity contribution is 7.18. The van der Waals surface area contributed by atoms with E-state index in [0.717, 1.165) is 20.7 Å². The predicted octanol–water partition coefficient (Wildman–Crippen LogP) is 2.58. The van der Waals surface area contributed by atoms with E-state index in [1.165, 1.54) is 0 Å². The van der Waals surface area contributed by atoms with Crippen LogP contribution in [0.5, 0.6) is 5.75 Å². The summed E-state index contributed by atoms with van der Waals surface area (Å²) in [6.45, 7) is 1.94. The van der Waals surface area contributed by atoms with E-state index in [0.29, 0.717) is 0 Å². The van der Waals surface area contributed by atoms with Gasteiger partial charge in [-0.15, -0.1) is 11.3 Å². The van der Waals surface area contributed by atoms with Crippen LogP contribution < -0.4 is 10.2 Å². The first-order chi connectivity index (χ1) is 6.70. The van der Waals surface area contributed by atoms with Crippen molar-refractivity contribution < 1.29 is 4.74 Å². The zero-order valence-electron chi connectivity index (χ0n) is 8.03. The van der Waals surface area contributed by atoms with Crippen LogP contribution in [0.1, 0.15) is 4.88 Å². The first kappa shape index (κ1) is 9.21. The number of benzene rings is 1. The number of rotatable bonds is 1. The van der Waals surface area contributed by atoms with Gasteiger partial charge < -0.3 is 4.74 Å². The largest absolute Gasteiger partial charge is 0.497 e. The zero-order valence-corrected chi connectivity index (χ0v) is 8.85. The normalized spacial score (nSPS) is 10.4. The van der Waals surface area contributed by atoms with Gasteiger partial charge >= 0.3 is 0 Å². The standard InChI is InChI=1S/C11H10O2S/c1-7-5-10(12)9-6-8(13-2)3-4-11(9)14-7/h3-6H,1-2H3. The summed E-state index contributed by atoms with van der Waals surface area (Å²) < 4.78 is 6.08. The molecule has 14 heavy (non-hydrogen) atoms. The molecule has 1 aromatic heterocycles. The molecular formula is C11H10O2S. The van der Waals surface area contributed by atoms with Crippen LogP contribution in [0.25, 0.3) is 10.1 Å². The molecule has 3 heteroatoms. The molecule has 0 aliphatic carbocycles. The van der Waals surface area contributed by atoms with E-state index in [9.17, 15) is 4.79 Å². The zero-order chi connectivity index (χ0) is 10.1. The number of ether oxygens (including phenoxy) is 1. The van der Waals surface area contributed by atoms with Crippen molar-refractivity contribution in [2.45, 2.75) is 6.92 Å². The second-order valence-electron chi connectivity index (χ2n) is 3.08. The molecule has 0 N–H and O–H groups in total. The van der Waals surface area contributed by atoms with Gasteiger partial charge in [0.05, 0.1) is 7.11 Å². The third kappa shape index (κ3) is 1.51. The van der Waals surface area contributed by atoms with E-state index in [4.69, 9.17) is 4.74 Å². The van der Waals surface area contributed by atoms with E-state index in [-0.39, 0.29) is 5.43 Å². The third-order valence-corrected chi connectivity index (χ3v) is 3.07. The van der Waals surface area contributed by atoms with Gasteiger partial charge in [-0.1, -0.05) is 0 Å². The van der Waals surface area contributed by atoms with Gasteiger partial charge in [0, 0.05) is 15.0 Å². The van der Waals surface area contributed by atoms with E-state index in [1.807, 2.05) is 19.1 Å². The smallest absolute Gasteiger partial charge is 0.188 e. The maximum absolute atomic E-state index is 11.6. The predicted molar refractivity (Wildman–Crippen MR) is 59.4 cm³/mol. The summed E-state index contributed by atoms with van der Waals surface area (Å²) in [5.74, 6) is 0.727. The molecule has 0 bridgehead atoms. The maximum Gasteiger partial charge on any atom is 0.188 e. The lowest BCUT2D eigenvalue weighted by atomic mass is 10.2. The van der Waals surface area contributed by atoms with E-state index < -0.39 is 0 Å². The molecule has 72 valence electrons. The minimum atomic E-state index is 0.0650. The van der Waals surface area contributed by atoms with Gasteiger partial charge in [0.25, 0.3) is 0 Å². The number of hydrogen-bond donors (Lipinski definition) is 0. The fraction of sp³-hybridized carbons (Fsp3) is 0.182. The Hall–Kier alpha value is -1.35. The fourth-order valence-electron chi connectivity index (χ4n) is 1.38. The monoisotopic (exact) mass is 206 g/mol. The van der Waals surface area contributed by atoms with E-state index >= 15 is 0 Å². The first-order valence-corrected chi connectivity index (χ1v) is 5.11. The van der Waals surface area contributed by atoms with Crippen LogP contribution in [0.2, 0.25) is 0 Å². The van der Waals surface area contributed by atoms with Gasteiger partial charge in [-0.25, -0.2) is 0 Å². The molecule has 2 rings (SSSR count). The topological polar surface area (TPSA) is 26.3 Å². The van der Waals surface area contributed by atoms with Gasteiger partial charge in [-0.05, 0) is 31.2 Å². The van der Waals surface area contributed by atoms with Crippen molar-refractivity contribution in [1.29, 1.82) is 0 Å². The maximum atomic E-state index is 11.6. The highest BCUT2D eigenvalue weighted by atomic mass is 32.1. The summed E-state index contributed by atoms with van der Waals surface area (Å²) in [5, 5.41) is 0.736. The van der Waals surface area contributed by atoms with Crippen LogP contribution in [0.15, 0.2) is 29.1 Å². The lowest BCUT2D eigenvalue weighted by molar-refractivity contribution is 0.415. The number of methoxy groups -OCH3 is 1. The van der Waals surface area contributed by atoms with Crippen molar-refractivity contribution in [3.63, 3.8) is 0 Å². The summed E-state index contributed by atoms with van der Waals surface area (Å²) >= 11 is 1.62. The Bertz CT molecular complexity index is 528. The van der Waals surface area contributed by atoms with Crippen LogP contribution >= 0.6 is 11.3 Å². The number of hydrogen-bond acceptors (Lipinski definition) is 3. The molecule has 0 saturated heterocycles. The summed E-state index contributed by atoms with van der Waals surface area (Å²) in [5.41, 5.74) is 0.0650. The molecule has 0 fully saturated rings. The molecule has 2 aromatic rings. The van der Waals surface area contributed by atoms with Crippen LogP contribution in [-0.4, -0.2) is 7.11 Å². The average molecular weight is 206 g/mol. The second-order valence-corrected chi connectivity index (χ2v) is 4.37. The van der Waals surface area contributed by atoms with Gasteiger partial charge in [-0.2, -0.15) is 0 Å². The van der Waals surface area contributed by atoms with Gasteiger partial charge in [0.2, 0.25) is 0 Å². The van der Waals surface area contributed by atoms with Crippen LogP contribution in [0.3, 0.4) is 0 Å². The Morgan fingerprint density at radius 1 is 1.29 bits per heavy atom. The first-order valence-electron chi connectivity index (χ1n) is 4.29. The van der Waals surface area contributed by atoms with Crippen LogP contribution in [0, 0.1) is 6.92 Å². The summed E-state index contributed by atoms with van der Waals surface area (Å²) in [6.07, 6.45) is 0. The molecular weight excluding hydrogens is 196 g/mol. The summed E-state index contributed by atoms with van der Waals surface area (Å²) in [6, 6.07) is 7.24. The van der Waals surface area contributed by atoms with Crippen molar-refractivity contribution >= 4 is 21.4 Å². The second kappa shape index (κ2) is 3.42. The molecule has 1 aromatic carbocycles. The molecule has 0 saturated carbocycles. The number of fused-ring (bicyclic) bond motifs is 1. The van der Waals surface area contributed by atoms with Crippen molar-refractivity contribution in [1.82, 2.24) is 0 Å². The quantitative estimate of drug-likeness (QED) is 0.716. The summed E-state index contributed by atoms with van der Waals surface area (Å²) in [4.78, 5) is 12.7. The molecule has 1 heterocycles. The minimum Gasteiger partial charge on any atom is -0.497 e. The molecule has 0 atom stereocenters. The van der Waals surface area contributed by atoms with E-state index in [2.05, 4.69) is 0 Å². The van der Waals surface area contributed by atoms with Gasteiger partial charge in [0.1, 0.15) is 5.75 Å². The molecule has 0 aliphatic heterocycles. The van der Waals surface area contributed by atoms with Gasteiger partial charge in [0.15, 0.2) is 5.43 Å². The van der Waals surface area contributed by atoms with Crippen LogP contribution in [-0.2, 0) is 0 Å². The Kier molecular flexibility index (Phi) is 2.25. The van der Waals surface area contributed by atoms with Crippen molar-refractivity contribution in [3.8, 4) is 5.75 Å². The van der Waals surface area contributed by atoms with Crippen molar-refractivity contribution in [2.24, 2.45) is 0 Å². The Morgan fingerprint density at radius 2 is 2.07 bits per heavy atom. The molecule has 0 unspecified atom stereocenters. The fourth-order valence-corrected chi connectivity index (χ4v) is 2.30. The van der Waals surface area contributed by atoms with E-state index in [1.54, 1.807) is 30.6 Å². The minimum absolute atomic E-state index is 0.0650. The summed E-state index contributed by atoms with van der Waals surface area (Å²) in [7, 11) is 1.60. The van der Waals surface area contributed by atoms with Crippen LogP contribution in [0.4, 0.5) is 0 Å². The Morgan fingerprint density at radius 3 is 2.79 bits per heavy atom. The highest BCUT2D eigenvalue weighted by Crippen LogP contribution is 2.22.